The Morgan fingerprint density at radius 2 is 2.38 bits per heavy atom. The summed E-state index contributed by atoms with van der Waals surface area (Å²) >= 11 is 5.03. The fourth-order valence-corrected chi connectivity index (χ4v) is 2.56. The largest absolute Gasteiger partial charge is 0.390 e. The molecule has 1 heterocycles. The first-order valence-corrected chi connectivity index (χ1v) is 5.83. The van der Waals surface area contributed by atoms with E-state index in [0.29, 0.717) is 19.6 Å². The second kappa shape index (κ2) is 5.75. The van der Waals surface area contributed by atoms with Gasteiger partial charge >= 0.3 is 0 Å². The average molecular weight is 265 g/mol. The standard InChI is InChI=1S/C9H13BrO2S/c1-2-12-6-7(11)5-8-3-4-9(10)13-8/h3-4,7,11H,2,5-6H2,1H3. The Morgan fingerprint density at radius 1 is 1.62 bits per heavy atom. The summed E-state index contributed by atoms with van der Waals surface area (Å²) in [6.07, 6.45) is 0.293. The molecule has 1 atom stereocenters. The molecule has 1 N–H and O–H groups in total. The minimum absolute atomic E-state index is 0.384. The first kappa shape index (κ1) is 11.2. The smallest absolute Gasteiger partial charge is 0.0821 e. The molecule has 0 aliphatic rings. The van der Waals surface area contributed by atoms with Gasteiger partial charge in [-0.3, -0.25) is 0 Å². The predicted molar refractivity (Wildman–Crippen MR) is 58.2 cm³/mol. The van der Waals surface area contributed by atoms with Crippen molar-refractivity contribution in [3.05, 3.63) is 20.8 Å². The molecule has 0 saturated carbocycles. The maximum Gasteiger partial charge on any atom is 0.0821 e. The van der Waals surface area contributed by atoms with E-state index < -0.39 is 0 Å². The third-order valence-corrected chi connectivity index (χ3v) is 3.23. The van der Waals surface area contributed by atoms with Crippen molar-refractivity contribution in [2.45, 2.75) is 19.4 Å². The molecule has 0 aliphatic heterocycles. The molecule has 13 heavy (non-hydrogen) atoms. The molecule has 0 saturated heterocycles. The molecule has 0 fully saturated rings. The van der Waals surface area contributed by atoms with Gasteiger partial charge in [0.25, 0.3) is 0 Å². The number of aliphatic hydroxyl groups excluding tert-OH is 1. The summed E-state index contributed by atoms with van der Waals surface area (Å²) < 4.78 is 6.22. The Hall–Kier alpha value is 0.1000. The van der Waals surface area contributed by atoms with Crippen LogP contribution in [0.25, 0.3) is 0 Å². The van der Waals surface area contributed by atoms with Crippen molar-refractivity contribution >= 4 is 27.3 Å². The zero-order valence-corrected chi connectivity index (χ0v) is 9.90. The van der Waals surface area contributed by atoms with Gasteiger partial charge in [-0.05, 0) is 35.0 Å². The van der Waals surface area contributed by atoms with Crippen LogP contribution in [0.15, 0.2) is 15.9 Å². The molecule has 0 aliphatic carbocycles. The van der Waals surface area contributed by atoms with Crippen LogP contribution in [0.3, 0.4) is 0 Å². The van der Waals surface area contributed by atoms with Gasteiger partial charge in [0.15, 0.2) is 0 Å². The Balaban J connectivity index is 2.31. The topological polar surface area (TPSA) is 29.5 Å². The average Bonchev–Trinajstić information content (AvgIpc) is 2.48. The Bertz CT molecular complexity index is 250. The van der Waals surface area contributed by atoms with Crippen molar-refractivity contribution in [1.82, 2.24) is 0 Å². The van der Waals surface area contributed by atoms with E-state index in [1.165, 1.54) is 4.88 Å². The molecule has 0 amide bonds. The van der Waals surface area contributed by atoms with Gasteiger partial charge in [-0.15, -0.1) is 11.3 Å². The first-order valence-electron chi connectivity index (χ1n) is 4.22. The third kappa shape index (κ3) is 4.22. The highest BCUT2D eigenvalue weighted by atomic mass is 79.9. The molecule has 2 nitrogen and oxygen atoms in total. The van der Waals surface area contributed by atoms with Crippen molar-refractivity contribution < 1.29 is 9.84 Å². The lowest BCUT2D eigenvalue weighted by molar-refractivity contribution is 0.0434. The molecule has 4 heteroatoms. The van der Waals surface area contributed by atoms with Gasteiger partial charge in [0.2, 0.25) is 0 Å². The van der Waals surface area contributed by atoms with Crippen molar-refractivity contribution in [3.8, 4) is 0 Å². The van der Waals surface area contributed by atoms with Gasteiger partial charge < -0.3 is 9.84 Å². The fourth-order valence-electron chi connectivity index (χ4n) is 1.01. The molecule has 0 aromatic carbocycles. The molecule has 0 radical (unpaired) electrons. The molecule has 1 unspecified atom stereocenters. The second-order valence-corrected chi connectivity index (χ2v) is 5.27. The zero-order valence-electron chi connectivity index (χ0n) is 7.50. The van der Waals surface area contributed by atoms with Crippen LogP contribution < -0.4 is 0 Å². The minimum atomic E-state index is -0.384. The summed E-state index contributed by atoms with van der Waals surface area (Å²) in [5, 5.41) is 9.51. The summed E-state index contributed by atoms with van der Waals surface area (Å²) in [5.41, 5.74) is 0. The first-order chi connectivity index (χ1) is 6.22. The van der Waals surface area contributed by atoms with Crippen molar-refractivity contribution in [3.63, 3.8) is 0 Å². The van der Waals surface area contributed by atoms with Gasteiger partial charge in [-0.25, -0.2) is 0 Å². The highest BCUT2D eigenvalue weighted by Gasteiger charge is 2.06. The number of halogens is 1. The van der Waals surface area contributed by atoms with E-state index >= 15 is 0 Å². The van der Waals surface area contributed by atoms with E-state index in [2.05, 4.69) is 15.9 Å². The molecule has 0 bridgehead atoms. The molecular weight excluding hydrogens is 252 g/mol. The SMILES string of the molecule is CCOCC(O)Cc1ccc(Br)s1. The summed E-state index contributed by atoms with van der Waals surface area (Å²) in [6, 6.07) is 4.01. The Morgan fingerprint density at radius 3 is 2.92 bits per heavy atom. The van der Waals surface area contributed by atoms with Crippen molar-refractivity contribution in [2.24, 2.45) is 0 Å². The summed E-state index contributed by atoms with van der Waals surface area (Å²) in [4.78, 5) is 1.18. The lowest BCUT2D eigenvalue weighted by Gasteiger charge is -2.08. The molecule has 1 rings (SSSR count). The van der Waals surface area contributed by atoms with Crippen LogP contribution in [0.4, 0.5) is 0 Å². The summed E-state index contributed by atoms with van der Waals surface area (Å²) in [5.74, 6) is 0. The van der Waals surface area contributed by atoms with E-state index in [1.54, 1.807) is 11.3 Å². The van der Waals surface area contributed by atoms with Crippen molar-refractivity contribution in [2.75, 3.05) is 13.2 Å². The van der Waals surface area contributed by atoms with Crippen LogP contribution in [0.5, 0.6) is 0 Å². The minimum Gasteiger partial charge on any atom is -0.390 e. The van der Waals surface area contributed by atoms with Gasteiger partial charge in [0, 0.05) is 17.9 Å². The van der Waals surface area contributed by atoms with Crippen molar-refractivity contribution in [1.29, 1.82) is 0 Å². The van der Waals surface area contributed by atoms with E-state index in [4.69, 9.17) is 4.74 Å². The highest BCUT2D eigenvalue weighted by molar-refractivity contribution is 9.11. The van der Waals surface area contributed by atoms with Gasteiger partial charge in [-0.1, -0.05) is 0 Å². The lowest BCUT2D eigenvalue weighted by atomic mass is 10.2. The number of hydrogen-bond donors (Lipinski definition) is 1. The number of ether oxygens (including phenoxy) is 1. The maximum atomic E-state index is 9.51. The van der Waals surface area contributed by atoms with Crippen LogP contribution in [0.2, 0.25) is 0 Å². The van der Waals surface area contributed by atoms with Gasteiger partial charge in [-0.2, -0.15) is 0 Å². The lowest BCUT2D eigenvalue weighted by Crippen LogP contribution is -2.17. The van der Waals surface area contributed by atoms with E-state index in [9.17, 15) is 5.11 Å². The van der Waals surface area contributed by atoms with E-state index in [-0.39, 0.29) is 6.10 Å². The molecule has 1 aromatic heterocycles. The number of rotatable bonds is 5. The fraction of sp³-hybridized carbons (Fsp3) is 0.556. The van der Waals surface area contributed by atoms with Crippen LogP contribution in [-0.2, 0) is 11.2 Å². The van der Waals surface area contributed by atoms with Crippen LogP contribution in [-0.4, -0.2) is 24.4 Å². The van der Waals surface area contributed by atoms with Crippen LogP contribution in [0.1, 0.15) is 11.8 Å². The molecule has 1 aromatic rings. The van der Waals surface area contributed by atoms with Gasteiger partial charge in [0.1, 0.15) is 0 Å². The third-order valence-electron chi connectivity index (χ3n) is 1.58. The van der Waals surface area contributed by atoms with E-state index in [0.717, 1.165) is 3.79 Å². The number of aliphatic hydroxyl groups is 1. The summed E-state index contributed by atoms with van der Waals surface area (Å²) in [7, 11) is 0. The number of thiophene rings is 1. The Labute approximate surface area is 90.7 Å². The quantitative estimate of drug-likeness (QED) is 0.886. The monoisotopic (exact) mass is 264 g/mol. The predicted octanol–water partition coefficient (Wildman–Crippen LogP) is 2.45. The maximum absolute atomic E-state index is 9.51. The van der Waals surface area contributed by atoms with Crippen LogP contribution >= 0.6 is 27.3 Å². The summed E-state index contributed by atoms with van der Waals surface area (Å²) in [6.45, 7) is 3.01. The van der Waals surface area contributed by atoms with Crippen LogP contribution in [0, 0.1) is 0 Å². The molecule has 74 valence electrons. The molecule has 0 spiro atoms. The Kier molecular flexibility index (Phi) is 4.94. The zero-order chi connectivity index (χ0) is 9.68. The molecular formula is C9H13BrO2S. The number of hydrogen-bond acceptors (Lipinski definition) is 3. The van der Waals surface area contributed by atoms with E-state index in [1.807, 2.05) is 19.1 Å². The van der Waals surface area contributed by atoms with Gasteiger partial charge in [0.05, 0.1) is 16.5 Å². The highest BCUT2D eigenvalue weighted by Crippen LogP contribution is 2.23. The second-order valence-electron chi connectivity index (χ2n) is 2.72. The normalized spacial score (nSPS) is 13.2.